The number of ether oxygens (including phenoxy) is 5. The Hall–Kier alpha value is -1.62. The molecule has 0 N–H and O–H groups in total. The molecule has 1 aromatic rings. The number of hydrogen-bond donors (Lipinski definition) is 0. The molecule has 3 saturated heterocycles. The van der Waals surface area contributed by atoms with E-state index < -0.39 is 33.8 Å². The van der Waals surface area contributed by atoms with Crippen molar-refractivity contribution in [1.82, 2.24) is 0 Å². The lowest BCUT2D eigenvalue weighted by Crippen LogP contribution is -2.40. The van der Waals surface area contributed by atoms with E-state index in [1.54, 1.807) is 37.4 Å². The Kier molecular flexibility index (Phi) is 9.48. The summed E-state index contributed by atoms with van der Waals surface area (Å²) < 4.78 is 57.6. The molecule has 1 unspecified atom stereocenters. The summed E-state index contributed by atoms with van der Waals surface area (Å²) in [6.45, 7) is 10.6. The zero-order valence-electron chi connectivity index (χ0n) is 22.9. The van der Waals surface area contributed by atoms with Gasteiger partial charge in [-0.1, -0.05) is 31.7 Å². The van der Waals surface area contributed by atoms with Crippen LogP contribution in [0.5, 0.6) is 0 Å². The smallest absolute Gasteiger partial charge is 0.178 e. The van der Waals surface area contributed by atoms with E-state index in [1.807, 2.05) is 13.8 Å². The number of rotatable bonds is 11. The summed E-state index contributed by atoms with van der Waals surface area (Å²) in [5, 5.41) is 0. The summed E-state index contributed by atoms with van der Waals surface area (Å²) in [6.07, 6.45) is 2.13. The van der Waals surface area contributed by atoms with E-state index in [0.717, 1.165) is 18.3 Å². The fraction of sp³-hybridized carbons (Fsp3) is 0.690. The van der Waals surface area contributed by atoms with Gasteiger partial charge in [0.25, 0.3) is 0 Å². The van der Waals surface area contributed by atoms with Crippen LogP contribution in [0.25, 0.3) is 0 Å². The second-order valence-corrected chi connectivity index (χ2v) is 13.3. The number of sulfone groups is 1. The van der Waals surface area contributed by atoms with Crippen molar-refractivity contribution in [3.63, 3.8) is 0 Å². The fourth-order valence-electron chi connectivity index (χ4n) is 6.05. The summed E-state index contributed by atoms with van der Waals surface area (Å²) in [5.41, 5.74) is 0.979. The van der Waals surface area contributed by atoms with E-state index in [-0.39, 0.29) is 41.0 Å². The van der Waals surface area contributed by atoms with Crippen LogP contribution in [0.1, 0.15) is 52.9 Å². The molecule has 0 saturated carbocycles. The van der Waals surface area contributed by atoms with Crippen LogP contribution in [0.15, 0.2) is 47.4 Å². The predicted molar refractivity (Wildman–Crippen MR) is 142 cm³/mol. The molecule has 0 radical (unpaired) electrons. The molecule has 0 aliphatic carbocycles. The average Bonchev–Trinajstić information content (AvgIpc) is 3.38. The molecule has 3 heterocycles. The molecule has 0 aromatic heterocycles. The minimum Gasteiger partial charge on any atom is -0.378 e. The van der Waals surface area contributed by atoms with Crippen LogP contribution < -0.4 is 0 Å². The summed E-state index contributed by atoms with van der Waals surface area (Å²) in [7, 11) is -1.99. The van der Waals surface area contributed by atoms with Crippen LogP contribution in [0, 0.1) is 11.8 Å². The molecule has 1 aromatic carbocycles. The van der Waals surface area contributed by atoms with E-state index in [4.69, 9.17) is 23.7 Å². The van der Waals surface area contributed by atoms with E-state index in [2.05, 4.69) is 13.5 Å². The second-order valence-electron chi connectivity index (χ2n) is 11.3. The molecule has 38 heavy (non-hydrogen) atoms. The van der Waals surface area contributed by atoms with Crippen molar-refractivity contribution in [2.75, 3.05) is 19.5 Å². The highest BCUT2D eigenvalue weighted by Crippen LogP contribution is 2.41. The first-order valence-electron chi connectivity index (χ1n) is 13.6. The van der Waals surface area contributed by atoms with Crippen molar-refractivity contribution in [3.8, 4) is 0 Å². The Bertz CT molecular complexity index is 1060. The van der Waals surface area contributed by atoms with Gasteiger partial charge < -0.3 is 28.5 Å². The molecule has 8 atom stereocenters. The third-order valence-corrected chi connectivity index (χ3v) is 9.85. The molecule has 3 aliphatic heterocycles. The maximum Gasteiger partial charge on any atom is 0.178 e. The van der Waals surface area contributed by atoms with Crippen LogP contribution in [-0.2, 0) is 38.3 Å². The molecule has 9 heteroatoms. The third kappa shape index (κ3) is 6.92. The number of aldehydes is 1. The highest BCUT2D eigenvalue weighted by Gasteiger charge is 2.50. The van der Waals surface area contributed by atoms with Gasteiger partial charge in [0.2, 0.25) is 0 Å². The lowest BCUT2D eigenvalue weighted by atomic mass is 9.83. The van der Waals surface area contributed by atoms with E-state index >= 15 is 0 Å². The SMILES string of the molecule is C=C1[C@H](C)C[C@H](CCC=O)O[C@H]1C[C@@H]1O[C@H](CC2COC(C)(C)O2)[C@H](OC)[C@H]1CS(=O)(=O)c1ccccc1. The Labute approximate surface area is 226 Å². The standard InChI is InChI=1S/C29H42O8S/c1-19-14-21(10-9-13-30)35-25(20(19)2)16-26-24(18-38(31,32)23-11-7-6-8-12-23)28(33-5)27(36-26)15-22-17-34-29(3,4)37-22/h6-8,11-13,19,21-22,24-28H,2,9-10,14-18H2,1,3-5H3/t19-,21+,22?,24+,25+,26+,27-,28-/m1/s1. The molecule has 0 spiro atoms. The highest BCUT2D eigenvalue weighted by atomic mass is 32.2. The molecule has 0 bridgehead atoms. The maximum atomic E-state index is 13.5. The summed E-state index contributed by atoms with van der Waals surface area (Å²) in [5.74, 6) is -0.944. The van der Waals surface area contributed by atoms with Crippen molar-refractivity contribution < 1.29 is 36.9 Å². The third-order valence-electron chi connectivity index (χ3n) is 8.04. The molecule has 3 aliphatic rings. The van der Waals surface area contributed by atoms with Gasteiger partial charge in [0, 0.05) is 32.3 Å². The van der Waals surface area contributed by atoms with Crippen molar-refractivity contribution in [2.24, 2.45) is 11.8 Å². The lowest BCUT2D eigenvalue weighted by molar-refractivity contribution is -0.144. The van der Waals surface area contributed by atoms with Gasteiger partial charge in [-0.25, -0.2) is 8.42 Å². The number of methoxy groups -OCH3 is 1. The van der Waals surface area contributed by atoms with Crippen molar-refractivity contribution >= 4 is 16.1 Å². The highest BCUT2D eigenvalue weighted by molar-refractivity contribution is 7.91. The quantitative estimate of drug-likeness (QED) is 0.300. The number of hydrogen-bond acceptors (Lipinski definition) is 8. The molecule has 3 fully saturated rings. The molecule has 8 nitrogen and oxygen atoms in total. The first-order valence-corrected chi connectivity index (χ1v) is 15.2. The van der Waals surface area contributed by atoms with Crippen molar-refractivity contribution in [1.29, 1.82) is 0 Å². The van der Waals surface area contributed by atoms with Gasteiger partial charge >= 0.3 is 0 Å². The first kappa shape index (κ1) is 29.4. The van der Waals surface area contributed by atoms with E-state index in [0.29, 0.717) is 32.3 Å². The Balaban J connectivity index is 1.56. The molecule has 4 rings (SSSR count). The first-order chi connectivity index (χ1) is 18.0. The van der Waals surface area contributed by atoms with Crippen LogP contribution >= 0.6 is 0 Å². The maximum absolute atomic E-state index is 13.5. The normalized spacial score (nSPS) is 35.4. The monoisotopic (exact) mass is 550 g/mol. The van der Waals surface area contributed by atoms with Crippen LogP contribution in [0.3, 0.4) is 0 Å². The van der Waals surface area contributed by atoms with Crippen LogP contribution in [0.2, 0.25) is 0 Å². The van der Waals surface area contributed by atoms with Crippen molar-refractivity contribution in [2.45, 2.75) is 100 Å². The lowest BCUT2D eigenvalue weighted by Gasteiger charge is -2.37. The van der Waals surface area contributed by atoms with Gasteiger partial charge in [-0.3, -0.25) is 0 Å². The van der Waals surface area contributed by atoms with Gasteiger partial charge in [0.15, 0.2) is 15.6 Å². The Morgan fingerprint density at radius 1 is 1.11 bits per heavy atom. The summed E-state index contributed by atoms with van der Waals surface area (Å²) in [6, 6.07) is 8.50. The number of carbonyl (C=O) groups is 1. The largest absolute Gasteiger partial charge is 0.378 e. The number of benzene rings is 1. The van der Waals surface area contributed by atoms with Gasteiger partial charge in [0.1, 0.15) is 6.29 Å². The number of carbonyl (C=O) groups excluding carboxylic acids is 1. The minimum absolute atomic E-state index is 0.0427. The second kappa shape index (κ2) is 12.3. The van der Waals surface area contributed by atoms with Crippen LogP contribution in [-0.4, -0.2) is 76.6 Å². The Morgan fingerprint density at radius 2 is 1.84 bits per heavy atom. The topological polar surface area (TPSA) is 97.4 Å². The van der Waals surface area contributed by atoms with E-state index in [9.17, 15) is 13.2 Å². The summed E-state index contributed by atoms with van der Waals surface area (Å²) >= 11 is 0. The van der Waals surface area contributed by atoms with E-state index in [1.165, 1.54) is 0 Å². The molecule has 0 amide bonds. The predicted octanol–water partition coefficient (Wildman–Crippen LogP) is 4.12. The fourth-order valence-corrected chi connectivity index (χ4v) is 7.73. The van der Waals surface area contributed by atoms with Gasteiger partial charge in [-0.15, -0.1) is 0 Å². The molecule has 212 valence electrons. The molecular formula is C29H42O8S. The molecular weight excluding hydrogens is 508 g/mol. The zero-order valence-corrected chi connectivity index (χ0v) is 23.7. The van der Waals surface area contributed by atoms with Gasteiger partial charge in [-0.2, -0.15) is 0 Å². The van der Waals surface area contributed by atoms with Gasteiger partial charge in [-0.05, 0) is 50.3 Å². The van der Waals surface area contributed by atoms with Crippen molar-refractivity contribution in [3.05, 3.63) is 42.5 Å². The minimum atomic E-state index is -3.59. The average molecular weight is 551 g/mol. The van der Waals surface area contributed by atoms with Crippen LogP contribution in [0.4, 0.5) is 0 Å². The zero-order chi connectivity index (χ0) is 27.5. The Morgan fingerprint density at radius 3 is 2.47 bits per heavy atom. The van der Waals surface area contributed by atoms with Gasteiger partial charge in [0.05, 0.1) is 53.9 Å². The summed E-state index contributed by atoms with van der Waals surface area (Å²) in [4.78, 5) is 11.2.